The molecule has 2 fully saturated rings. The second kappa shape index (κ2) is 8.68. The van der Waals surface area contributed by atoms with Gasteiger partial charge in [0.2, 0.25) is 15.9 Å². The number of rotatable bonds is 8. The predicted molar refractivity (Wildman–Crippen MR) is 101 cm³/mol. The van der Waals surface area contributed by atoms with Crippen molar-refractivity contribution in [3.63, 3.8) is 0 Å². The minimum Gasteiger partial charge on any atom is -0.394 e. The lowest BCUT2D eigenvalue weighted by Gasteiger charge is -2.36. The van der Waals surface area contributed by atoms with Gasteiger partial charge in [0.1, 0.15) is 0 Å². The monoisotopic (exact) mass is 396 g/mol. The Morgan fingerprint density at radius 3 is 2.52 bits per heavy atom. The number of aliphatic hydroxyl groups excluding tert-OH is 1. The average molecular weight is 397 g/mol. The van der Waals surface area contributed by atoms with E-state index in [1.807, 2.05) is 6.92 Å². The lowest BCUT2D eigenvalue weighted by atomic mass is 9.98. The first-order valence-corrected chi connectivity index (χ1v) is 11.0. The van der Waals surface area contributed by atoms with E-state index in [1.54, 1.807) is 24.3 Å². The normalized spacial score (nSPS) is 25.9. The standard InChI is InChI=1S/C19H28N2O5S/c1-13-2-7-16(8-3-13)27(24,25)21-17-9-6-15(26-18(17)12-22)10-11-20-19(23)14-4-5-14/h2-3,7-8,14-15,17-18,21-22H,4-6,9-12H2,1H3,(H,20,23)/t15-,17+,18-/m0/s1. The SMILES string of the molecule is Cc1ccc(S(=O)(=O)N[C@@H]2CC[C@@H](CCNC(=O)C3CC3)O[C@H]2CO)cc1. The zero-order chi connectivity index (χ0) is 19.4. The molecule has 0 radical (unpaired) electrons. The molecule has 1 aliphatic heterocycles. The maximum Gasteiger partial charge on any atom is 0.240 e. The molecule has 1 aliphatic carbocycles. The van der Waals surface area contributed by atoms with Crippen molar-refractivity contribution in [1.29, 1.82) is 0 Å². The molecule has 1 aromatic rings. The van der Waals surface area contributed by atoms with Gasteiger partial charge in [0, 0.05) is 12.5 Å². The number of sulfonamides is 1. The van der Waals surface area contributed by atoms with Crippen LogP contribution >= 0.6 is 0 Å². The summed E-state index contributed by atoms with van der Waals surface area (Å²) in [6.45, 7) is 2.18. The van der Waals surface area contributed by atoms with Gasteiger partial charge >= 0.3 is 0 Å². The molecule has 0 bridgehead atoms. The van der Waals surface area contributed by atoms with Crippen molar-refractivity contribution in [2.45, 2.75) is 62.2 Å². The smallest absolute Gasteiger partial charge is 0.240 e. The molecule has 8 heteroatoms. The summed E-state index contributed by atoms with van der Waals surface area (Å²) in [5.41, 5.74) is 0.986. The van der Waals surface area contributed by atoms with E-state index in [0.717, 1.165) is 18.4 Å². The quantitative estimate of drug-likeness (QED) is 0.610. The molecule has 0 aromatic heterocycles. The third-order valence-corrected chi connectivity index (χ3v) is 6.65. The molecular weight excluding hydrogens is 368 g/mol. The van der Waals surface area contributed by atoms with Crippen molar-refractivity contribution >= 4 is 15.9 Å². The van der Waals surface area contributed by atoms with Gasteiger partial charge in [0.25, 0.3) is 0 Å². The van der Waals surface area contributed by atoms with E-state index >= 15 is 0 Å². The van der Waals surface area contributed by atoms with Crippen LogP contribution in [0.15, 0.2) is 29.2 Å². The number of carbonyl (C=O) groups excluding carboxylic acids is 1. The average Bonchev–Trinajstić information content (AvgIpc) is 3.48. The first-order valence-electron chi connectivity index (χ1n) is 9.52. The van der Waals surface area contributed by atoms with E-state index < -0.39 is 22.2 Å². The van der Waals surface area contributed by atoms with Crippen LogP contribution in [0.25, 0.3) is 0 Å². The van der Waals surface area contributed by atoms with Crippen molar-refractivity contribution in [2.24, 2.45) is 5.92 Å². The summed E-state index contributed by atoms with van der Waals surface area (Å²) in [5.74, 6) is 0.288. The Labute approximate surface area is 160 Å². The van der Waals surface area contributed by atoms with Gasteiger partial charge in [-0.25, -0.2) is 13.1 Å². The second-order valence-electron chi connectivity index (χ2n) is 7.45. The molecule has 1 saturated heterocycles. The molecule has 7 nitrogen and oxygen atoms in total. The Morgan fingerprint density at radius 1 is 1.19 bits per heavy atom. The second-order valence-corrected chi connectivity index (χ2v) is 9.17. The molecule has 0 spiro atoms. The van der Waals surface area contributed by atoms with Crippen molar-refractivity contribution in [2.75, 3.05) is 13.2 Å². The van der Waals surface area contributed by atoms with Gasteiger partial charge in [-0.15, -0.1) is 0 Å². The molecule has 150 valence electrons. The number of aliphatic hydroxyl groups is 1. The van der Waals surface area contributed by atoms with E-state index in [-0.39, 0.29) is 29.4 Å². The Balaban J connectivity index is 1.51. The third-order valence-electron chi connectivity index (χ3n) is 5.15. The highest BCUT2D eigenvalue weighted by Crippen LogP contribution is 2.29. The van der Waals surface area contributed by atoms with Crippen molar-refractivity contribution in [3.8, 4) is 0 Å². The highest BCUT2D eigenvalue weighted by molar-refractivity contribution is 7.89. The van der Waals surface area contributed by atoms with Crippen LogP contribution in [0.2, 0.25) is 0 Å². The Bertz CT molecular complexity index is 746. The summed E-state index contributed by atoms with van der Waals surface area (Å²) in [4.78, 5) is 11.9. The number of carbonyl (C=O) groups is 1. The maximum atomic E-state index is 12.6. The zero-order valence-corrected chi connectivity index (χ0v) is 16.4. The molecule has 1 heterocycles. The number of hydrogen-bond acceptors (Lipinski definition) is 5. The number of aryl methyl sites for hydroxylation is 1. The van der Waals surface area contributed by atoms with Crippen LogP contribution in [0, 0.1) is 12.8 Å². The summed E-state index contributed by atoms with van der Waals surface area (Å²) in [6.07, 6.45) is 3.17. The lowest BCUT2D eigenvalue weighted by Crippen LogP contribution is -2.51. The topological polar surface area (TPSA) is 105 Å². The zero-order valence-electron chi connectivity index (χ0n) is 15.6. The minimum atomic E-state index is -3.67. The van der Waals surface area contributed by atoms with Crippen LogP contribution in [-0.2, 0) is 19.6 Å². The van der Waals surface area contributed by atoms with Crippen LogP contribution in [0.4, 0.5) is 0 Å². The molecule has 27 heavy (non-hydrogen) atoms. The van der Waals surface area contributed by atoms with Crippen LogP contribution in [0.5, 0.6) is 0 Å². The van der Waals surface area contributed by atoms with E-state index in [0.29, 0.717) is 25.8 Å². The predicted octanol–water partition coefficient (Wildman–Crippen LogP) is 1.10. The van der Waals surface area contributed by atoms with Crippen molar-refractivity contribution < 1.29 is 23.1 Å². The fourth-order valence-electron chi connectivity index (χ4n) is 3.31. The van der Waals surface area contributed by atoms with Crippen LogP contribution in [0.1, 0.15) is 37.7 Å². The Morgan fingerprint density at radius 2 is 1.89 bits per heavy atom. The van der Waals surface area contributed by atoms with Gasteiger partial charge < -0.3 is 15.2 Å². The Hall–Kier alpha value is -1.48. The number of hydrogen-bond donors (Lipinski definition) is 3. The molecule has 2 aliphatic rings. The summed E-state index contributed by atoms with van der Waals surface area (Å²) in [6, 6.07) is 6.17. The van der Waals surface area contributed by atoms with Gasteiger partial charge in [-0.2, -0.15) is 0 Å². The largest absolute Gasteiger partial charge is 0.394 e. The van der Waals surface area contributed by atoms with Crippen molar-refractivity contribution in [3.05, 3.63) is 29.8 Å². The highest BCUT2D eigenvalue weighted by atomic mass is 32.2. The third kappa shape index (κ3) is 5.51. The molecule has 3 atom stereocenters. The van der Waals surface area contributed by atoms with E-state index in [2.05, 4.69) is 10.0 Å². The first-order chi connectivity index (χ1) is 12.9. The van der Waals surface area contributed by atoms with Crippen LogP contribution in [-0.4, -0.2) is 50.8 Å². The Kier molecular flexibility index (Phi) is 6.52. The summed E-state index contributed by atoms with van der Waals surface area (Å²) in [7, 11) is -3.67. The number of nitrogens with one attached hydrogen (secondary N) is 2. The number of ether oxygens (including phenoxy) is 1. The van der Waals surface area contributed by atoms with E-state index in [4.69, 9.17) is 4.74 Å². The van der Waals surface area contributed by atoms with Gasteiger partial charge in [-0.3, -0.25) is 4.79 Å². The minimum absolute atomic E-state index is 0.0956. The fraction of sp³-hybridized carbons (Fsp3) is 0.632. The van der Waals surface area contributed by atoms with E-state index in [9.17, 15) is 18.3 Å². The summed E-state index contributed by atoms with van der Waals surface area (Å²) < 4.78 is 33.7. The maximum absolute atomic E-state index is 12.6. The van der Waals surface area contributed by atoms with Crippen LogP contribution < -0.4 is 10.0 Å². The molecular formula is C19H28N2O5S. The number of amides is 1. The molecule has 3 N–H and O–H groups in total. The van der Waals surface area contributed by atoms with Crippen LogP contribution in [0.3, 0.4) is 0 Å². The molecule has 1 saturated carbocycles. The van der Waals surface area contributed by atoms with E-state index in [1.165, 1.54) is 0 Å². The molecule has 1 amide bonds. The van der Waals surface area contributed by atoms with Gasteiger partial charge in [0.05, 0.1) is 29.8 Å². The van der Waals surface area contributed by atoms with Gasteiger partial charge in [0.15, 0.2) is 0 Å². The van der Waals surface area contributed by atoms with Gasteiger partial charge in [-0.05, 0) is 51.2 Å². The lowest BCUT2D eigenvalue weighted by molar-refractivity contribution is -0.122. The fourth-order valence-corrected chi connectivity index (χ4v) is 4.61. The molecule has 1 aromatic carbocycles. The van der Waals surface area contributed by atoms with Gasteiger partial charge in [-0.1, -0.05) is 17.7 Å². The summed E-state index contributed by atoms with van der Waals surface area (Å²) >= 11 is 0. The molecule has 3 rings (SSSR count). The first kappa shape index (κ1) is 20.3. The number of benzene rings is 1. The summed E-state index contributed by atoms with van der Waals surface area (Å²) in [5, 5.41) is 12.6. The van der Waals surface area contributed by atoms with Crippen molar-refractivity contribution in [1.82, 2.24) is 10.0 Å². The highest BCUT2D eigenvalue weighted by Gasteiger charge is 2.34. The molecule has 0 unspecified atom stereocenters.